The Balaban J connectivity index is 1.18. The second-order valence-electron chi connectivity index (χ2n) is 10.1. The van der Waals surface area contributed by atoms with E-state index in [4.69, 9.17) is 10.00 Å². The first kappa shape index (κ1) is 25.5. The molecule has 3 aliphatic heterocycles. The zero-order valence-electron chi connectivity index (χ0n) is 21.2. The van der Waals surface area contributed by atoms with Crippen LogP contribution in [0.3, 0.4) is 0 Å². The Morgan fingerprint density at radius 3 is 2.66 bits per heavy atom. The number of benzene rings is 2. The summed E-state index contributed by atoms with van der Waals surface area (Å²) in [7, 11) is 0. The summed E-state index contributed by atoms with van der Waals surface area (Å²) in [6.07, 6.45) is 4.44. The Labute approximate surface area is 221 Å². The summed E-state index contributed by atoms with van der Waals surface area (Å²) in [5, 5.41) is 11.3. The molecule has 0 aliphatic carbocycles. The number of nitrogens with zero attached hydrogens (tertiary/aromatic N) is 3. The third-order valence-electron chi connectivity index (χ3n) is 7.60. The van der Waals surface area contributed by atoms with Gasteiger partial charge in [0.1, 0.15) is 18.4 Å². The van der Waals surface area contributed by atoms with Crippen molar-refractivity contribution in [2.75, 3.05) is 13.2 Å². The molecule has 1 unspecified atom stereocenters. The van der Waals surface area contributed by atoms with Gasteiger partial charge in [0.2, 0.25) is 17.7 Å². The van der Waals surface area contributed by atoms with Crippen molar-refractivity contribution in [3.8, 4) is 11.8 Å². The number of likely N-dealkylation sites (tertiary alicyclic amines) is 1. The zero-order valence-corrected chi connectivity index (χ0v) is 21.2. The van der Waals surface area contributed by atoms with E-state index in [1.54, 1.807) is 24.3 Å². The van der Waals surface area contributed by atoms with Gasteiger partial charge in [0.05, 0.1) is 17.7 Å². The standard InChI is InChI=1S/C29H30N4O5/c30-16-20-6-4-19(5-7-20)8-13-27(35)32-14-2-1-3-22(32)18-38-23-9-10-24-21(15-23)17-33(29(24)37)25-11-12-26(34)31-28(25)36/h4-7,9-10,15,22,25H,1-3,8,11-14,17-18H2,(H,31,34,36)/t22-,25?/m0/s1. The molecule has 2 atom stereocenters. The van der Waals surface area contributed by atoms with Crippen LogP contribution in [0.25, 0.3) is 0 Å². The van der Waals surface area contributed by atoms with Gasteiger partial charge in [-0.3, -0.25) is 24.5 Å². The molecular weight excluding hydrogens is 484 g/mol. The maximum Gasteiger partial charge on any atom is 0.255 e. The monoisotopic (exact) mass is 514 g/mol. The van der Waals surface area contributed by atoms with Crippen LogP contribution in [-0.4, -0.2) is 58.7 Å². The minimum absolute atomic E-state index is 0.0212. The number of carbonyl (C=O) groups excluding carboxylic acids is 4. The van der Waals surface area contributed by atoms with E-state index in [-0.39, 0.29) is 30.2 Å². The number of aryl methyl sites for hydroxylation is 1. The average Bonchev–Trinajstić information content (AvgIpc) is 3.26. The number of imide groups is 1. The Hall–Kier alpha value is -4.19. The fraction of sp³-hybridized carbons (Fsp3) is 0.414. The molecule has 0 saturated carbocycles. The quantitative estimate of drug-likeness (QED) is 0.568. The van der Waals surface area contributed by atoms with Crippen molar-refractivity contribution in [2.45, 2.75) is 63.6 Å². The van der Waals surface area contributed by atoms with Crippen molar-refractivity contribution in [3.05, 3.63) is 64.7 Å². The molecule has 2 fully saturated rings. The molecule has 196 valence electrons. The van der Waals surface area contributed by atoms with E-state index in [2.05, 4.69) is 11.4 Å². The molecule has 9 heteroatoms. The SMILES string of the molecule is N#Cc1ccc(CCC(=O)N2CCCC[C@H]2COc2ccc3c(c2)CN(C2CCC(=O)NC2=O)C3=O)cc1. The van der Waals surface area contributed by atoms with Crippen LogP contribution in [0.1, 0.15) is 65.6 Å². The molecule has 1 N–H and O–H groups in total. The topological polar surface area (TPSA) is 120 Å². The number of rotatable bonds is 7. The van der Waals surface area contributed by atoms with E-state index in [1.807, 2.05) is 23.1 Å². The van der Waals surface area contributed by atoms with Crippen LogP contribution < -0.4 is 10.1 Å². The fourth-order valence-electron chi connectivity index (χ4n) is 5.48. The normalized spacial score (nSPS) is 21.1. The van der Waals surface area contributed by atoms with Crippen molar-refractivity contribution in [3.63, 3.8) is 0 Å². The molecule has 38 heavy (non-hydrogen) atoms. The average molecular weight is 515 g/mol. The molecule has 4 amide bonds. The molecule has 5 rings (SSSR count). The number of nitriles is 1. The van der Waals surface area contributed by atoms with Gasteiger partial charge in [0.25, 0.3) is 5.91 Å². The molecule has 2 aromatic rings. The Morgan fingerprint density at radius 1 is 1.08 bits per heavy atom. The molecular formula is C29H30N4O5. The number of ether oxygens (including phenoxy) is 1. The van der Waals surface area contributed by atoms with Gasteiger partial charge in [0, 0.05) is 31.5 Å². The van der Waals surface area contributed by atoms with Crippen LogP contribution in [0, 0.1) is 11.3 Å². The van der Waals surface area contributed by atoms with Gasteiger partial charge >= 0.3 is 0 Å². The van der Waals surface area contributed by atoms with Crippen LogP contribution in [-0.2, 0) is 27.3 Å². The largest absolute Gasteiger partial charge is 0.491 e. The van der Waals surface area contributed by atoms with E-state index in [0.717, 1.165) is 30.4 Å². The third-order valence-corrected chi connectivity index (χ3v) is 7.60. The molecule has 2 saturated heterocycles. The second-order valence-corrected chi connectivity index (χ2v) is 10.1. The number of piperidine rings is 2. The van der Waals surface area contributed by atoms with Gasteiger partial charge in [-0.15, -0.1) is 0 Å². The minimum Gasteiger partial charge on any atom is -0.491 e. The maximum atomic E-state index is 13.1. The lowest BCUT2D eigenvalue weighted by Gasteiger charge is -2.35. The number of amides is 4. The fourth-order valence-corrected chi connectivity index (χ4v) is 5.48. The second kappa shape index (κ2) is 11.1. The molecule has 0 radical (unpaired) electrons. The summed E-state index contributed by atoms with van der Waals surface area (Å²) < 4.78 is 6.11. The first-order chi connectivity index (χ1) is 18.4. The van der Waals surface area contributed by atoms with Gasteiger partial charge in [-0.25, -0.2) is 0 Å². The lowest BCUT2D eigenvalue weighted by molar-refractivity contribution is -0.137. The van der Waals surface area contributed by atoms with Gasteiger partial charge in [-0.1, -0.05) is 12.1 Å². The highest BCUT2D eigenvalue weighted by molar-refractivity contribution is 6.05. The molecule has 0 spiro atoms. The zero-order chi connectivity index (χ0) is 26.6. The minimum atomic E-state index is -0.650. The molecule has 3 heterocycles. The number of hydrogen-bond donors (Lipinski definition) is 1. The van der Waals surface area contributed by atoms with Crippen LogP contribution in [0.4, 0.5) is 0 Å². The van der Waals surface area contributed by atoms with Crippen molar-refractivity contribution < 1.29 is 23.9 Å². The third kappa shape index (κ3) is 5.40. The number of carbonyl (C=O) groups is 4. The molecule has 3 aliphatic rings. The predicted octanol–water partition coefficient (Wildman–Crippen LogP) is 2.71. The van der Waals surface area contributed by atoms with E-state index >= 15 is 0 Å². The van der Waals surface area contributed by atoms with Crippen LogP contribution in [0.2, 0.25) is 0 Å². The summed E-state index contributed by atoms with van der Waals surface area (Å²) in [4.78, 5) is 53.2. The summed E-state index contributed by atoms with van der Waals surface area (Å²) in [6.45, 7) is 1.37. The molecule has 0 aromatic heterocycles. The van der Waals surface area contributed by atoms with Crippen molar-refractivity contribution in [2.24, 2.45) is 0 Å². The first-order valence-electron chi connectivity index (χ1n) is 13.1. The van der Waals surface area contributed by atoms with Gasteiger partial charge in [0.15, 0.2) is 0 Å². The first-order valence-corrected chi connectivity index (χ1v) is 13.1. The summed E-state index contributed by atoms with van der Waals surface area (Å²) in [6, 6.07) is 14.1. The van der Waals surface area contributed by atoms with Crippen molar-refractivity contribution in [1.82, 2.24) is 15.1 Å². The highest BCUT2D eigenvalue weighted by Crippen LogP contribution is 2.30. The Kier molecular flexibility index (Phi) is 7.40. The maximum absolute atomic E-state index is 13.1. The van der Waals surface area contributed by atoms with E-state index in [9.17, 15) is 19.2 Å². The molecule has 2 aromatic carbocycles. The van der Waals surface area contributed by atoms with Crippen LogP contribution in [0.5, 0.6) is 5.75 Å². The number of nitrogens with one attached hydrogen (secondary N) is 1. The Bertz CT molecular complexity index is 1300. The van der Waals surface area contributed by atoms with Crippen LogP contribution >= 0.6 is 0 Å². The number of hydrogen-bond acceptors (Lipinski definition) is 6. The smallest absolute Gasteiger partial charge is 0.255 e. The summed E-state index contributed by atoms with van der Waals surface area (Å²) in [5.74, 6) is -0.234. The van der Waals surface area contributed by atoms with Gasteiger partial charge in [-0.05, 0) is 73.6 Å². The number of fused-ring (bicyclic) bond motifs is 1. The highest BCUT2D eigenvalue weighted by atomic mass is 16.5. The summed E-state index contributed by atoms with van der Waals surface area (Å²) in [5.41, 5.74) is 2.96. The lowest BCUT2D eigenvalue weighted by atomic mass is 10.0. The van der Waals surface area contributed by atoms with Crippen LogP contribution in [0.15, 0.2) is 42.5 Å². The predicted molar refractivity (Wildman–Crippen MR) is 137 cm³/mol. The van der Waals surface area contributed by atoms with Crippen molar-refractivity contribution >= 4 is 23.6 Å². The van der Waals surface area contributed by atoms with Gasteiger partial charge < -0.3 is 14.5 Å². The van der Waals surface area contributed by atoms with E-state index in [1.165, 1.54) is 4.90 Å². The molecule has 0 bridgehead atoms. The van der Waals surface area contributed by atoms with E-state index < -0.39 is 11.9 Å². The van der Waals surface area contributed by atoms with Crippen molar-refractivity contribution in [1.29, 1.82) is 5.26 Å². The highest BCUT2D eigenvalue weighted by Gasteiger charge is 2.39. The van der Waals surface area contributed by atoms with E-state index in [0.29, 0.717) is 55.8 Å². The van der Waals surface area contributed by atoms with Gasteiger partial charge in [-0.2, -0.15) is 5.26 Å². The Morgan fingerprint density at radius 2 is 1.89 bits per heavy atom. The molecule has 9 nitrogen and oxygen atoms in total. The summed E-state index contributed by atoms with van der Waals surface area (Å²) >= 11 is 0. The lowest BCUT2D eigenvalue weighted by Crippen LogP contribution is -2.52.